The van der Waals surface area contributed by atoms with Crippen LogP contribution in [-0.4, -0.2) is 27.1 Å². The number of hydrogen-bond donors (Lipinski definition) is 1. The van der Waals surface area contributed by atoms with Crippen molar-refractivity contribution in [2.45, 2.75) is 0 Å². The minimum absolute atomic E-state index is 0.128. The van der Waals surface area contributed by atoms with E-state index in [0.717, 1.165) is 6.20 Å². The molecule has 1 N–H and O–H groups in total. The van der Waals surface area contributed by atoms with Gasteiger partial charge in [0, 0.05) is 12.4 Å². The van der Waals surface area contributed by atoms with E-state index >= 15 is 0 Å². The van der Waals surface area contributed by atoms with Gasteiger partial charge in [-0.25, -0.2) is 10.4 Å². The van der Waals surface area contributed by atoms with Crippen LogP contribution in [0.1, 0.15) is 15.9 Å². The molecule has 0 saturated carbocycles. The van der Waals surface area contributed by atoms with E-state index in [1.165, 1.54) is 12.4 Å². The van der Waals surface area contributed by atoms with Crippen LogP contribution in [0.2, 0.25) is 5.28 Å². The Bertz CT molecular complexity index is 953. The lowest BCUT2D eigenvalue weighted by atomic mass is 10.2. The molecule has 0 unspecified atom stereocenters. The van der Waals surface area contributed by atoms with Crippen molar-refractivity contribution >= 4 is 23.7 Å². The van der Waals surface area contributed by atoms with Crippen LogP contribution in [0.3, 0.4) is 0 Å². The number of ether oxygens (including phenoxy) is 1. The molecule has 9 heteroatoms. The number of benzene rings is 1. The maximum atomic E-state index is 13.6. The Morgan fingerprint density at radius 3 is 2.96 bits per heavy atom. The van der Waals surface area contributed by atoms with E-state index in [-0.39, 0.29) is 17.1 Å². The molecule has 0 aliphatic rings. The summed E-state index contributed by atoms with van der Waals surface area (Å²) in [5.74, 6) is -1.10. The van der Waals surface area contributed by atoms with Crippen LogP contribution in [-0.2, 0) is 0 Å². The first kappa shape index (κ1) is 17.4. The summed E-state index contributed by atoms with van der Waals surface area (Å²) in [5, 5.41) is 3.74. The second kappa shape index (κ2) is 8.13. The standard InChI is InChI=1S/C17H11ClFN5O2/c18-17-21-10-14(19)16(23-17)26-13-5-1-3-11(7-13)8-22-24-15(25)12-4-2-6-20-9-12/h1-10H,(H,24,25)/b22-8-. The molecule has 2 aromatic heterocycles. The van der Waals surface area contributed by atoms with Crippen LogP contribution in [0.25, 0.3) is 0 Å². The molecule has 2 heterocycles. The van der Waals surface area contributed by atoms with Crippen molar-refractivity contribution in [3.63, 3.8) is 0 Å². The molecular formula is C17H11ClFN5O2. The number of rotatable bonds is 5. The highest BCUT2D eigenvalue weighted by Crippen LogP contribution is 2.23. The number of carbonyl (C=O) groups excluding carboxylic acids is 1. The third-order valence-corrected chi connectivity index (χ3v) is 3.24. The van der Waals surface area contributed by atoms with E-state index in [0.29, 0.717) is 16.9 Å². The SMILES string of the molecule is O=C(N/N=C\c1cccc(Oc2nc(Cl)ncc2F)c1)c1cccnc1. The van der Waals surface area contributed by atoms with Crippen LogP contribution in [0.4, 0.5) is 4.39 Å². The maximum Gasteiger partial charge on any atom is 0.272 e. The van der Waals surface area contributed by atoms with Gasteiger partial charge >= 0.3 is 0 Å². The Morgan fingerprint density at radius 2 is 2.15 bits per heavy atom. The van der Waals surface area contributed by atoms with Gasteiger partial charge in [-0.3, -0.25) is 9.78 Å². The summed E-state index contributed by atoms with van der Waals surface area (Å²) in [4.78, 5) is 22.9. The highest BCUT2D eigenvalue weighted by atomic mass is 35.5. The smallest absolute Gasteiger partial charge is 0.272 e. The molecule has 0 bridgehead atoms. The highest BCUT2D eigenvalue weighted by molar-refractivity contribution is 6.28. The Labute approximate surface area is 152 Å². The van der Waals surface area contributed by atoms with Crippen molar-refractivity contribution in [3.8, 4) is 11.6 Å². The van der Waals surface area contributed by atoms with Crippen molar-refractivity contribution in [1.82, 2.24) is 20.4 Å². The van der Waals surface area contributed by atoms with E-state index in [4.69, 9.17) is 16.3 Å². The molecule has 26 heavy (non-hydrogen) atoms. The Morgan fingerprint density at radius 1 is 1.27 bits per heavy atom. The molecule has 0 saturated heterocycles. The summed E-state index contributed by atoms with van der Waals surface area (Å²) < 4.78 is 19.0. The van der Waals surface area contributed by atoms with Gasteiger partial charge in [0.15, 0.2) is 0 Å². The van der Waals surface area contributed by atoms with Crippen LogP contribution < -0.4 is 10.2 Å². The van der Waals surface area contributed by atoms with Gasteiger partial charge in [-0.15, -0.1) is 0 Å². The Hall–Kier alpha value is -3.39. The molecule has 0 aliphatic carbocycles. The van der Waals surface area contributed by atoms with Gasteiger partial charge in [-0.1, -0.05) is 12.1 Å². The second-order valence-electron chi connectivity index (χ2n) is 4.91. The largest absolute Gasteiger partial charge is 0.436 e. The van der Waals surface area contributed by atoms with Gasteiger partial charge in [0.1, 0.15) is 5.75 Å². The van der Waals surface area contributed by atoms with E-state index in [9.17, 15) is 9.18 Å². The van der Waals surface area contributed by atoms with Gasteiger partial charge in [0.25, 0.3) is 11.8 Å². The fourth-order valence-electron chi connectivity index (χ4n) is 1.90. The number of carbonyl (C=O) groups is 1. The molecule has 3 aromatic rings. The molecule has 0 fully saturated rings. The number of amides is 1. The van der Waals surface area contributed by atoms with Gasteiger partial charge in [0.2, 0.25) is 11.1 Å². The fourth-order valence-corrected chi connectivity index (χ4v) is 2.03. The van der Waals surface area contributed by atoms with Crippen molar-refractivity contribution in [3.05, 3.63) is 77.2 Å². The molecule has 0 atom stereocenters. The predicted molar refractivity (Wildman–Crippen MR) is 92.8 cm³/mol. The average molecular weight is 372 g/mol. The van der Waals surface area contributed by atoms with Crippen molar-refractivity contribution in [1.29, 1.82) is 0 Å². The fraction of sp³-hybridized carbons (Fsp3) is 0. The van der Waals surface area contributed by atoms with Crippen molar-refractivity contribution in [2.24, 2.45) is 5.10 Å². The van der Waals surface area contributed by atoms with E-state index < -0.39 is 5.82 Å². The number of hydrogen-bond acceptors (Lipinski definition) is 6. The number of nitrogens with one attached hydrogen (secondary N) is 1. The lowest BCUT2D eigenvalue weighted by Gasteiger charge is -2.06. The lowest BCUT2D eigenvalue weighted by molar-refractivity contribution is 0.0955. The maximum absolute atomic E-state index is 13.6. The third kappa shape index (κ3) is 4.58. The van der Waals surface area contributed by atoms with Crippen molar-refractivity contribution in [2.75, 3.05) is 0 Å². The number of aromatic nitrogens is 3. The number of pyridine rings is 1. The van der Waals surface area contributed by atoms with E-state index in [2.05, 4.69) is 25.5 Å². The second-order valence-corrected chi connectivity index (χ2v) is 5.25. The molecule has 3 rings (SSSR count). The van der Waals surface area contributed by atoms with E-state index in [1.807, 2.05) is 0 Å². The topological polar surface area (TPSA) is 89.4 Å². The summed E-state index contributed by atoms with van der Waals surface area (Å²) in [7, 11) is 0. The normalized spacial score (nSPS) is 10.7. The summed E-state index contributed by atoms with van der Waals surface area (Å²) in [6.07, 6.45) is 5.34. The van der Waals surface area contributed by atoms with Gasteiger partial charge < -0.3 is 4.74 Å². The quantitative estimate of drug-likeness (QED) is 0.422. The first-order valence-electron chi connectivity index (χ1n) is 7.31. The number of nitrogens with zero attached hydrogens (tertiary/aromatic N) is 4. The summed E-state index contributed by atoms with van der Waals surface area (Å²) >= 11 is 5.63. The zero-order valence-electron chi connectivity index (χ0n) is 13.1. The van der Waals surface area contributed by atoms with Crippen LogP contribution >= 0.6 is 11.6 Å². The Kier molecular flexibility index (Phi) is 5.45. The monoisotopic (exact) mass is 371 g/mol. The van der Waals surface area contributed by atoms with Gasteiger partial charge in [0.05, 0.1) is 18.0 Å². The molecular weight excluding hydrogens is 361 g/mol. The third-order valence-electron chi connectivity index (χ3n) is 3.06. The predicted octanol–water partition coefficient (Wildman–Crippen LogP) is 3.22. The molecule has 0 spiro atoms. The zero-order valence-corrected chi connectivity index (χ0v) is 13.9. The average Bonchev–Trinajstić information content (AvgIpc) is 2.66. The minimum Gasteiger partial charge on any atom is -0.436 e. The molecule has 0 aliphatic heterocycles. The van der Waals surface area contributed by atoms with Gasteiger partial charge in [-0.05, 0) is 41.4 Å². The van der Waals surface area contributed by atoms with Gasteiger partial charge in [-0.2, -0.15) is 14.5 Å². The summed E-state index contributed by atoms with van der Waals surface area (Å²) in [5.41, 5.74) is 3.39. The summed E-state index contributed by atoms with van der Waals surface area (Å²) in [6, 6.07) is 9.89. The number of halogens is 2. The van der Waals surface area contributed by atoms with Crippen molar-refractivity contribution < 1.29 is 13.9 Å². The molecule has 1 aromatic carbocycles. The first-order valence-corrected chi connectivity index (χ1v) is 7.69. The van der Waals surface area contributed by atoms with Crippen LogP contribution in [0.15, 0.2) is 60.1 Å². The lowest BCUT2D eigenvalue weighted by Crippen LogP contribution is -2.17. The summed E-state index contributed by atoms with van der Waals surface area (Å²) in [6.45, 7) is 0. The highest BCUT2D eigenvalue weighted by Gasteiger charge is 2.09. The molecule has 7 nitrogen and oxygen atoms in total. The Balaban J connectivity index is 1.67. The molecule has 130 valence electrons. The number of hydrazone groups is 1. The molecule has 1 amide bonds. The van der Waals surface area contributed by atoms with Crippen LogP contribution in [0, 0.1) is 5.82 Å². The minimum atomic E-state index is -0.739. The zero-order chi connectivity index (χ0) is 18.4. The van der Waals surface area contributed by atoms with Crippen LogP contribution in [0.5, 0.6) is 11.6 Å². The van der Waals surface area contributed by atoms with E-state index in [1.54, 1.807) is 42.6 Å². The first-order chi connectivity index (χ1) is 12.6. The molecule has 0 radical (unpaired) electrons.